The van der Waals surface area contributed by atoms with E-state index in [0.717, 1.165) is 0 Å². The summed E-state index contributed by atoms with van der Waals surface area (Å²) in [7, 11) is -1.83. The average molecular weight is 487 g/mol. The Morgan fingerprint density at radius 2 is 2.19 bits per heavy atom. The number of aromatic nitrogens is 3. The summed E-state index contributed by atoms with van der Waals surface area (Å²) in [5.74, 6) is 0.541. The predicted octanol–water partition coefficient (Wildman–Crippen LogP) is 3.19. The zero-order valence-electron chi connectivity index (χ0n) is 16.3. The number of nitrogens with zero attached hydrogens (tertiary/aromatic N) is 5. The van der Waals surface area contributed by atoms with Crippen molar-refractivity contribution < 1.29 is 27.2 Å². The number of thiol groups is 1. The Morgan fingerprint density at radius 3 is 2.94 bits per heavy atom. The van der Waals surface area contributed by atoms with Crippen molar-refractivity contribution in [2.75, 3.05) is 26.4 Å². The molecule has 0 bridgehead atoms. The van der Waals surface area contributed by atoms with E-state index in [4.69, 9.17) is 33.4 Å². The van der Waals surface area contributed by atoms with Gasteiger partial charge in [0, 0.05) is 12.7 Å². The number of hydrogen-bond acceptors (Lipinski definition) is 10. The monoisotopic (exact) mass is 487 g/mol. The minimum atomic E-state index is -1.65. The number of alkyl halides is 1. The lowest BCUT2D eigenvalue weighted by Crippen LogP contribution is -2.21. The van der Waals surface area contributed by atoms with Gasteiger partial charge in [0.05, 0.1) is 44.5 Å². The molecule has 3 rings (SSSR count). The lowest BCUT2D eigenvalue weighted by atomic mass is 10.3. The number of imidazole rings is 1. The number of halogens is 1. The molecule has 3 heterocycles. The minimum absolute atomic E-state index is 0.00516. The highest BCUT2D eigenvalue weighted by atomic mass is 32.7. The van der Waals surface area contributed by atoms with Crippen LogP contribution in [0.1, 0.15) is 17.8 Å². The first-order valence-electron chi connectivity index (χ1n) is 9.23. The van der Waals surface area contributed by atoms with Crippen LogP contribution in [0.25, 0.3) is 11.2 Å². The van der Waals surface area contributed by atoms with Crippen LogP contribution in [0.4, 0.5) is 4.39 Å². The molecule has 0 aliphatic carbocycles. The van der Waals surface area contributed by atoms with E-state index in [1.54, 1.807) is 6.07 Å². The molecule has 1 fully saturated rings. The number of rotatable bonds is 12. The molecule has 2 aromatic heterocycles. The quantitative estimate of drug-likeness (QED) is 0.273. The van der Waals surface area contributed by atoms with Crippen LogP contribution in [0.15, 0.2) is 12.3 Å². The number of pyridine rings is 1. The topological polar surface area (TPSA) is 124 Å². The summed E-state index contributed by atoms with van der Waals surface area (Å²) in [5, 5.41) is 17.6. The van der Waals surface area contributed by atoms with E-state index >= 15 is 0 Å². The molecule has 14 heteroatoms. The van der Waals surface area contributed by atoms with Gasteiger partial charge in [-0.1, -0.05) is 12.2 Å². The first kappa shape index (κ1) is 24.2. The van der Waals surface area contributed by atoms with Gasteiger partial charge >= 0.3 is 0 Å². The van der Waals surface area contributed by atoms with Crippen molar-refractivity contribution in [3.63, 3.8) is 0 Å². The fraction of sp³-hybridized carbons (Fsp3) is 0.529. The van der Waals surface area contributed by atoms with E-state index in [2.05, 4.69) is 22.2 Å². The molecular weight excluding hydrogens is 467 g/mol. The molecule has 4 atom stereocenters. The van der Waals surface area contributed by atoms with E-state index in [0.29, 0.717) is 48.7 Å². The third-order valence-electron chi connectivity index (χ3n) is 4.14. The maximum Gasteiger partial charge on any atom is 0.235 e. The van der Waals surface area contributed by atoms with Gasteiger partial charge in [0.1, 0.15) is 30.1 Å². The predicted molar refractivity (Wildman–Crippen MR) is 114 cm³/mol. The van der Waals surface area contributed by atoms with Crippen LogP contribution < -0.4 is 0 Å². The van der Waals surface area contributed by atoms with Gasteiger partial charge in [0.2, 0.25) is 7.58 Å². The van der Waals surface area contributed by atoms with Crippen LogP contribution >= 0.6 is 28.9 Å². The lowest BCUT2D eigenvalue weighted by molar-refractivity contribution is 0.123. The van der Waals surface area contributed by atoms with Crippen LogP contribution in [0.3, 0.4) is 0 Å². The highest BCUT2D eigenvalue weighted by molar-refractivity contribution is 8.41. The van der Waals surface area contributed by atoms with Gasteiger partial charge in [-0.25, -0.2) is 14.4 Å². The SMILES string of the molecule is N#CCCOPOCCn1c(COP(S)OC2COCC2F)nc2cc(C#N)cnc21. The van der Waals surface area contributed by atoms with Crippen LogP contribution in [0, 0.1) is 22.7 Å². The average Bonchev–Trinajstić information content (AvgIpc) is 3.33. The summed E-state index contributed by atoms with van der Waals surface area (Å²) in [6, 6.07) is 5.66. The molecule has 2 aromatic rings. The second-order valence-corrected chi connectivity index (χ2v) is 8.92. The molecule has 166 valence electrons. The van der Waals surface area contributed by atoms with Gasteiger partial charge in [-0.3, -0.25) is 0 Å². The molecule has 4 unspecified atom stereocenters. The van der Waals surface area contributed by atoms with E-state index in [1.165, 1.54) is 6.20 Å². The molecule has 1 aliphatic rings. The molecule has 0 amide bonds. The fourth-order valence-corrected chi connectivity index (χ4v) is 4.38. The molecule has 0 aromatic carbocycles. The van der Waals surface area contributed by atoms with Crippen LogP contribution in [0.2, 0.25) is 0 Å². The summed E-state index contributed by atoms with van der Waals surface area (Å²) in [5.41, 5.74) is 1.51. The Balaban J connectivity index is 1.62. The second-order valence-electron chi connectivity index (χ2n) is 6.26. The van der Waals surface area contributed by atoms with Crippen molar-refractivity contribution in [1.29, 1.82) is 10.5 Å². The number of nitriles is 2. The fourth-order valence-electron chi connectivity index (χ4n) is 2.69. The van der Waals surface area contributed by atoms with Gasteiger partial charge in [-0.05, 0) is 6.07 Å². The molecule has 1 aliphatic heterocycles. The normalized spacial score (nSPS) is 19.7. The summed E-state index contributed by atoms with van der Waals surface area (Å²) in [6.07, 6.45) is -0.125. The molecular formula is C17H20FN5O5P2S. The van der Waals surface area contributed by atoms with Gasteiger partial charge in [0.15, 0.2) is 20.9 Å². The molecule has 10 nitrogen and oxygen atoms in total. The third kappa shape index (κ3) is 7.01. The van der Waals surface area contributed by atoms with Crippen molar-refractivity contribution in [2.45, 2.75) is 31.8 Å². The lowest BCUT2D eigenvalue weighted by Gasteiger charge is -2.17. The first-order chi connectivity index (χ1) is 15.1. The standard InChI is InChI=1S/C17H20FN5O5P2S/c18-13-9-24-10-15(13)28-30(31)27-11-16-22-14-6-12(7-20)8-21-17(14)23(16)3-5-26-29-25-4-1-2-19/h6,8,13,15,29,31H,1,3-5,9-11H2. The Bertz CT molecular complexity index is 955. The van der Waals surface area contributed by atoms with Crippen molar-refractivity contribution >= 4 is 40.0 Å². The van der Waals surface area contributed by atoms with Gasteiger partial charge in [-0.2, -0.15) is 10.5 Å². The summed E-state index contributed by atoms with van der Waals surface area (Å²) in [4.78, 5) is 8.83. The maximum absolute atomic E-state index is 13.6. The highest BCUT2D eigenvalue weighted by Gasteiger charge is 2.31. The summed E-state index contributed by atoms with van der Waals surface area (Å²) >= 11 is 4.27. The maximum atomic E-state index is 13.6. The van der Waals surface area contributed by atoms with Gasteiger partial charge < -0.3 is 27.4 Å². The van der Waals surface area contributed by atoms with E-state index in [9.17, 15) is 4.39 Å². The summed E-state index contributed by atoms with van der Waals surface area (Å²) < 4.78 is 42.3. The van der Waals surface area contributed by atoms with Gasteiger partial charge in [0.25, 0.3) is 0 Å². The molecule has 0 saturated carbocycles. The molecule has 1 saturated heterocycles. The van der Waals surface area contributed by atoms with E-state index < -0.39 is 19.9 Å². The summed E-state index contributed by atoms with van der Waals surface area (Å²) in [6.45, 7) is 1.27. The van der Waals surface area contributed by atoms with Crippen molar-refractivity contribution in [2.24, 2.45) is 0 Å². The van der Waals surface area contributed by atoms with Crippen LogP contribution in [0.5, 0.6) is 0 Å². The Morgan fingerprint density at radius 1 is 1.35 bits per heavy atom. The van der Waals surface area contributed by atoms with Crippen molar-refractivity contribution in [1.82, 2.24) is 14.5 Å². The molecule has 0 N–H and O–H groups in total. The van der Waals surface area contributed by atoms with Crippen LogP contribution in [-0.4, -0.2) is 53.2 Å². The Labute approximate surface area is 186 Å². The minimum Gasteiger partial charge on any atom is -0.375 e. The van der Waals surface area contributed by atoms with E-state index in [-0.39, 0.29) is 28.9 Å². The van der Waals surface area contributed by atoms with Gasteiger partial charge in [-0.15, -0.1) is 0 Å². The third-order valence-corrected chi connectivity index (χ3v) is 6.21. The zero-order chi connectivity index (χ0) is 22.1. The van der Waals surface area contributed by atoms with Crippen LogP contribution in [-0.2, 0) is 36.0 Å². The number of hydrogen-bond donors (Lipinski definition) is 1. The smallest absolute Gasteiger partial charge is 0.235 e. The van der Waals surface area contributed by atoms with Crippen molar-refractivity contribution in [3.05, 3.63) is 23.7 Å². The molecule has 0 radical (unpaired) electrons. The van der Waals surface area contributed by atoms with E-state index in [1.807, 2.05) is 16.7 Å². The van der Waals surface area contributed by atoms with Crippen molar-refractivity contribution in [3.8, 4) is 12.1 Å². The highest BCUT2D eigenvalue weighted by Crippen LogP contribution is 2.46. The number of fused-ring (bicyclic) bond motifs is 1. The first-order valence-corrected chi connectivity index (χ1v) is 12.4. The number of ether oxygens (including phenoxy) is 1. The second kappa shape index (κ2) is 12.5. The zero-order valence-corrected chi connectivity index (χ0v) is 19.1. The molecule has 31 heavy (non-hydrogen) atoms. The Hall–Kier alpha value is -1.46. The Kier molecular flexibility index (Phi) is 9.79. The molecule has 0 spiro atoms. The largest absolute Gasteiger partial charge is 0.375 e.